The van der Waals surface area contributed by atoms with Crippen molar-refractivity contribution in [3.63, 3.8) is 0 Å². The summed E-state index contributed by atoms with van der Waals surface area (Å²) in [5.41, 5.74) is 5.43. The van der Waals surface area contributed by atoms with E-state index < -0.39 is 35.1 Å². The molecule has 2 N–H and O–H groups in total. The second-order valence-electron chi connectivity index (χ2n) is 21.6. The smallest absolute Gasteiger partial charge is 0.435 e. The molecule has 22 nitrogen and oxygen atoms in total. The fraction of sp³-hybridized carbons (Fsp3) is 0.371. The molecular weight excluding hydrogens is 1320 g/mol. The number of aliphatic hydroxyl groups excluding tert-OH is 1. The summed E-state index contributed by atoms with van der Waals surface area (Å²) in [6, 6.07) is 27.3. The average molecular weight is 1400 g/mol. The number of carbonyl (C=O) groups is 5. The molecule has 25 heteroatoms. The summed E-state index contributed by atoms with van der Waals surface area (Å²) in [6.07, 6.45) is -1.05. The molecule has 0 aliphatic carbocycles. The summed E-state index contributed by atoms with van der Waals surface area (Å²) in [7, 11) is 8.95. The number of aldehydes is 1. The van der Waals surface area contributed by atoms with Gasteiger partial charge in [-0.2, -0.15) is 34.4 Å². The lowest BCUT2D eigenvalue weighted by atomic mass is 10.1. The third kappa shape index (κ3) is 19.8. The van der Waals surface area contributed by atoms with Crippen LogP contribution in [0.15, 0.2) is 91.0 Å². The van der Waals surface area contributed by atoms with E-state index in [1.165, 1.54) is 16.5 Å². The van der Waals surface area contributed by atoms with E-state index >= 15 is 0 Å². The molecule has 468 valence electrons. The van der Waals surface area contributed by atoms with Crippen LogP contribution in [0.4, 0.5) is 14.4 Å². The highest BCUT2D eigenvalue weighted by Gasteiger charge is 2.26. The van der Waals surface area contributed by atoms with E-state index in [4.69, 9.17) is 43.0 Å². The number of nitrogens with zero attached hydrogens (tertiary/aromatic N) is 7. The molecule has 0 spiro atoms. The Balaban J connectivity index is 0.000000235. The van der Waals surface area contributed by atoms with Crippen molar-refractivity contribution in [2.45, 2.75) is 109 Å². The maximum atomic E-state index is 12.3. The van der Waals surface area contributed by atoms with Crippen molar-refractivity contribution in [2.75, 3.05) is 42.7 Å². The molecule has 4 aromatic heterocycles. The second-order valence-corrected chi connectivity index (χ2v) is 25.2. The number of nitrogens with one attached hydrogen (secondary N) is 1. The van der Waals surface area contributed by atoms with E-state index in [2.05, 4.69) is 73.3 Å². The van der Waals surface area contributed by atoms with E-state index in [0.29, 0.717) is 56.5 Å². The molecule has 0 unspecified atom stereocenters. The lowest BCUT2D eigenvalue weighted by molar-refractivity contribution is 0.0511. The molecule has 9 rings (SSSR count). The minimum absolute atomic E-state index is 0.0927. The molecule has 4 heterocycles. The minimum Gasteiger partial charge on any atom is -0.497 e. The monoisotopic (exact) mass is 1390 g/mol. The highest BCUT2D eigenvalue weighted by molar-refractivity contribution is 9.24. The molecule has 0 amide bonds. The number of rotatable bonds is 9. The molecule has 0 aliphatic heterocycles. The van der Waals surface area contributed by atoms with Crippen LogP contribution in [0, 0.1) is 13.8 Å². The van der Waals surface area contributed by atoms with Crippen LogP contribution in [0.25, 0.3) is 43.6 Å². The van der Waals surface area contributed by atoms with Gasteiger partial charge >= 0.3 is 18.3 Å². The van der Waals surface area contributed by atoms with Crippen LogP contribution in [-0.4, -0.2) is 134 Å². The van der Waals surface area contributed by atoms with E-state index in [9.17, 15) is 24.0 Å². The Morgan fingerprint density at radius 1 is 0.552 bits per heavy atom. The molecule has 0 bridgehead atoms. The Bertz CT molecular complexity index is 3830. The number of benzene rings is 5. The Hall–Kier alpha value is -7.87. The predicted octanol–water partition coefficient (Wildman–Crippen LogP) is 14.7. The number of methoxy groups -OCH3 is 5. The number of Topliss-reactive ketones (excluding diaryl/α,β-unsaturated/α-hetero) is 1. The third-order valence-electron chi connectivity index (χ3n) is 11.7. The maximum Gasteiger partial charge on any atom is 0.435 e. The quantitative estimate of drug-likeness (QED) is 0.0589. The molecule has 5 aromatic carbocycles. The number of hydrogen-bond donors (Lipinski definition) is 2. The standard InChI is InChI=1S/C14H16Br2N2O3.C14H17BrN2O3.C14H16N2O4.C10H12O2.C9H10N2O.CH4O/c1-14(2,3)21-13(19)18-10-7-8(20-4)5-6-9(10)11(17-18)12(15)16;1-14(2,3)20-13(18)17-12-7-9(19-4)5-6-10(12)11(8-15)16-17;1-14(2,3)20-13(18)16-12-7-9(19-4)5-6-10(12)11(8-17)15-16;1-7-6-9(12-3)4-5-10(7)8(2)11;1-6-8-4-3-7(12-2)5-9(8)11-10-6;1-2/h5-7,12H,1-4H3;5-7H,8H2,1-4H3;5-8H,1-4H3;4-6H,1-3H3;3-5H,1-2H3,(H,10,11);2H,1H3. The van der Waals surface area contributed by atoms with Gasteiger partial charge in [-0.1, -0.05) is 47.8 Å². The maximum absolute atomic E-state index is 12.3. The largest absolute Gasteiger partial charge is 0.497 e. The molecule has 0 aliphatic rings. The van der Waals surface area contributed by atoms with Crippen LogP contribution in [0.5, 0.6) is 28.7 Å². The zero-order valence-corrected chi connectivity index (χ0v) is 56.8. The normalized spacial score (nSPS) is 11.0. The van der Waals surface area contributed by atoms with E-state index in [0.717, 1.165) is 67.5 Å². The molecule has 0 fully saturated rings. The van der Waals surface area contributed by atoms with Crippen LogP contribution in [0.2, 0.25) is 0 Å². The zero-order chi connectivity index (χ0) is 65.3. The first-order valence-electron chi connectivity index (χ1n) is 26.7. The summed E-state index contributed by atoms with van der Waals surface area (Å²) in [4.78, 5) is 58.7. The lowest BCUT2D eigenvalue weighted by Crippen LogP contribution is -2.27. The number of H-pyrrole nitrogens is 1. The Labute approximate surface area is 530 Å². The van der Waals surface area contributed by atoms with E-state index in [1.807, 2.05) is 104 Å². The van der Waals surface area contributed by atoms with E-state index in [-0.39, 0.29) is 15.2 Å². The molecule has 0 saturated carbocycles. The average Bonchev–Trinajstić information content (AvgIpc) is 1.82. The number of aromatic amines is 1. The highest BCUT2D eigenvalue weighted by atomic mass is 79.9. The van der Waals surface area contributed by atoms with Gasteiger partial charge in [-0.15, -0.1) is 0 Å². The number of ketones is 1. The van der Waals surface area contributed by atoms with Crippen LogP contribution >= 0.6 is 47.8 Å². The number of aliphatic hydroxyl groups is 1. The number of carbonyl (C=O) groups excluding carboxylic acids is 5. The Morgan fingerprint density at radius 2 is 0.931 bits per heavy atom. The van der Waals surface area contributed by atoms with Gasteiger partial charge in [-0.3, -0.25) is 14.7 Å². The van der Waals surface area contributed by atoms with Crippen molar-refractivity contribution in [1.29, 1.82) is 0 Å². The first-order valence-corrected chi connectivity index (χ1v) is 29.6. The first-order chi connectivity index (χ1) is 40.9. The summed E-state index contributed by atoms with van der Waals surface area (Å²) in [6.45, 7) is 21.7. The summed E-state index contributed by atoms with van der Waals surface area (Å²) >= 11 is 10.2. The molecular formula is C62H75Br3N8O14. The molecule has 0 saturated heterocycles. The third-order valence-corrected chi connectivity index (χ3v) is 13.1. The van der Waals surface area contributed by atoms with Gasteiger partial charge in [0.25, 0.3) is 0 Å². The van der Waals surface area contributed by atoms with Crippen molar-refractivity contribution in [2.24, 2.45) is 0 Å². The van der Waals surface area contributed by atoms with Crippen LogP contribution in [-0.2, 0) is 19.5 Å². The van der Waals surface area contributed by atoms with Gasteiger partial charge in [0.2, 0.25) is 0 Å². The number of alkyl halides is 3. The van der Waals surface area contributed by atoms with Crippen LogP contribution < -0.4 is 23.7 Å². The molecule has 9 aromatic rings. The van der Waals surface area contributed by atoms with E-state index in [1.54, 1.807) is 98.6 Å². The number of ether oxygens (including phenoxy) is 8. The number of halogens is 3. The van der Waals surface area contributed by atoms with Gasteiger partial charge in [0.1, 0.15) is 55.0 Å². The fourth-order valence-corrected chi connectivity index (χ4v) is 8.96. The van der Waals surface area contributed by atoms with Gasteiger partial charge in [0.05, 0.1) is 69.0 Å². The van der Waals surface area contributed by atoms with Gasteiger partial charge < -0.3 is 43.0 Å². The zero-order valence-electron chi connectivity index (χ0n) is 52.0. The number of aromatic nitrogens is 8. The fourth-order valence-electron chi connectivity index (χ4n) is 7.87. The highest BCUT2D eigenvalue weighted by Crippen LogP contribution is 2.36. The topological polar surface area (TPSA) is 262 Å². The summed E-state index contributed by atoms with van der Waals surface area (Å²) < 4.78 is 45.1. The van der Waals surface area contributed by atoms with Gasteiger partial charge in [-0.25, -0.2) is 14.4 Å². The van der Waals surface area contributed by atoms with Gasteiger partial charge in [0, 0.05) is 69.5 Å². The number of fused-ring (bicyclic) bond motifs is 4. The Morgan fingerprint density at radius 3 is 1.34 bits per heavy atom. The van der Waals surface area contributed by atoms with Crippen molar-refractivity contribution in [1.82, 2.24) is 39.5 Å². The van der Waals surface area contributed by atoms with Crippen molar-refractivity contribution in [3.05, 3.63) is 125 Å². The molecule has 0 atom stereocenters. The van der Waals surface area contributed by atoms with Crippen LogP contribution in [0.3, 0.4) is 0 Å². The van der Waals surface area contributed by atoms with Crippen molar-refractivity contribution < 1.29 is 67.0 Å². The summed E-state index contributed by atoms with van der Waals surface area (Å²) in [5.74, 6) is 3.61. The minimum atomic E-state index is -0.643. The number of aryl methyl sites for hydroxylation is 2. The lowest BCUT2D eigenvalue weighted by Gasteiger charge is -2.19. The number of hydrogen-bond acceptors (Lipinski definition) is 18. The van der Waals surface area contributed by atoms with Gasteiger partial charge in [-0.05, 0) is 155 Å². The first kappa shape index (κ1) is 71.6. The summed E-state index contributed by atoms with van der Waals surface area (Å²) in [5, 5.41) is 30.7. The molecule has 87 heavy (non-hydrogen) atoms. The van der Waals surface area contributed by atoms with Crippen LogP contribution in [0.1, 0.15) is 116 Å². The van der Waals surface area contributed by atoms with Crippen molar-refractivity contribution in [3.8, 4) is 28.7 Å². The van der Waals surface area contributed by atoms with Gasteiger partial charge in [0.15, 0.2) is 12.1 Å². The SMILES string of the molecule is CO.COc1ccc(C(C)=O)c(C)c1.COc1ccc2c(C(Br)Br)nn(C(=O)OC(C)(C)C)c2c1.COc1ccc2c(C)[nH]nc2c1.COc1ccc2c(C=O)nn(C(=O)OC(C)(C)C)c2c1.COc1ccc2c(CBr)nn(C(=O)OC(C)(C)C)c2c1. The Kier molecular flexibility index (Phi) is 26.1. The molecule has 0 radical (unpaired) electrons. The van der Waals surface area contributed by atoms with Crippen molar-refractivity contribution >= 4 is 122 Å². The predicted molar refractivity (Wildman–Crippen MR) is 346 cm³/mol. The second kappa shape index (κ2) is 31.7.